The largest absolute Gasteiger partial charge is 0.392 e. The third-order valence-electron chi connectivity index (χ3n) is 3.16. The van der Waals surface area contributed by atoms with Crippen LogP contribution < -0.4 is 4.90 Å². The van der Waals surface area contributed by atoms with Crippen LogP contribution in [0, 0.1) is 0 Å². The van der Waals surface area contributed by atoms with Crippen molar-refractivity contribution in [2.45, 2.75) is 32.3 Å². The molecule has 2 rings (SSSR count). The monoisotopic (exact) mass is 239 g/mol. The normalized spacial score (nSPS) is 17.2. The standard InChI is InChI=1S/C13H18ClNO/c14-12-6-5-11(10-16)13(9-12)15-7-3-1-2-4-8-15/h5-6,9,16H,1-4,7-8,10H2. The second-order valence-electron chi connectivity index (χ2n) is 4.33. The van der Waals surface area contributed by atoms with Gasteiger partial charge in [0.2, 0.25) is 0 Å². The number of nitrogens with zero attached hydrogens (tertiary/aromatic N) is 1. The fourth-order valence-electron chi connectivity index (χ4n) is 2.28. The van der Waals surface area contributed by atoms with Crippen molar-refractivity contribution in [2.75, 3.05) is 18.0 Å². The van der Waals surface area contributed by atoms with E-state index in [0.29, 0.717) is 0 Å². The van der Waals surface area contributed by atoms with Crippen LogP contribution in [0.15, 0.2) is 18.2 Å². The topological polar surface area (TPSA) is 23.5 Å². The highest BCUT2D eigenvalue weighted by molar-refractivity contribution is 6.30. The molecule has 1 fully saturated rings. The number of benzene rings is 1. The van der Waals surface area contributed by atoms with Crippen molar-refractivity contribution in [3.05, 3.63) is 28.8 Å². The number of rotatable bonds is 2. The van der Waals surface area contributed by atoms with E-state index < -0.39 is 0 Å². The number of aliphatic hydroxyl groups is 1. The molecular weight excluding hydrogens is 222 g/mol. The Morgan fingerprint density at radius 1 is 1.12 bits per heavy atom. The first-order valence-corrected chi connectivity index (χ1v) is 6.33. The Morgan fingerprint density at radius 3 is 2.44 bits per heavy atom. The zero-order chi connectivity index (χ0) is 11.4. The van der Waals surface area contributed by atoms with Gasteiger partial charge in [0, 0.05) is 29.4 Å². The van der Waals surface area contributed by atoms with Gasteiger partial charge in [0.25, 0.3) is 0 Å². The van der Waals surface area contributed by atoms with Crippen molar-refractivity contribution < 1.29 is 5.11 Å². The van der Waals surface area contributed by atoms with E-state index in [1.807, 2.05) is 18.2 Å². The van der Waals surface area contributed by atoms with Gasteiger partial charge in [-0.2, -0.15) is 0 Å². The molecule has 1 aromatic carbocycles. The van der Waals surface area contributed by atoms with Crippen LogP contribution in [0.4, 0.5) is 5.69 Å². The van der Waals surface area contributed by atoms with Crippen molar-refractivity contribution in [3.63, 3.8) is 0 Å². The molecule has 1 N–H and O–H groups in total. The quantitative estimate of drug-likeness (QED) is 0.857. The third kappa shape index (κ3) is 2.69. The lowest BCUT2D eigenvalue weighted by molar-refractivity contribution is 0.282. The van der Waals surface area contributed by atoms with Crippen LogP contribution in [-0.2, 0) is 6.61 Å². The molecule has 1 heterocycles. The number of hydrogen-bond donors (Lipinski definition) is 1. The molecule has 0 saturated carbocycles. The van der Waals surface area contributed by atoms with E-state index in [2.05, 4.69) is 4.90 Å². The summed E-state index contributed by atoms with van der Waals surface area (Å²) in [7, 11) is 0. The maximum Gasteiger partial charge on any atom is 0.0702 e. The van der Waals surface area contributed by atoms with Crippen LogP contribution in [0.2, 0.25) is 5.02 Å². The van der Waals surface area contributed by atoms with Crippen LogP contribution in [0.25, 0.3) is 0 Å². The van der Waals surface area contributed by atoms with Gasteiger partial charge >= 0.3 is 0 Å². The highest BCUT2D eigenvalue weighted by Crippen LogP contribution is 2.27. The molecule has 0 unspecified atom stereocenters. The van der Waals surface area contributed by atoms with Gasteiger partial charge in [-0.05, 0) is 25.0 Å². The van der Waals surface area contributed by atoms with Crippen molar-refractivity contribution in [1.29, 1.82) is 0 Å². The minimum absolute atomic E-state index is 0.0863. The minimum atomic E-state index is 0.0863. The average molecular weight is 240 g/mol. The third-order valence-corrected chi connectivity index (χ3v) is 3.40. The van der Waals surface area contributed by atoms with Gasteiger partial charge in [-0.3, -0.25) is 0 Å². The van der Waals surface area contributed by atoms with Gasteiger partial charge in [-0.25, -0.2) is 0 Å². The van der Waals surface area contributed by atoms with E-state index in [-0.39, 0.29) is 6.61 Å². The van der Waals surface area contributed by atoms with Crippen molar-refractivity contribution in [2.24, 2.45) is 0 Å². The van der Waals surface area contributed by atoms with Gasteiger partial charge in [-0.1, -0.05) is 30.5 Å². The molecule has 88 valence electrons. The summed E-state index contributed by atoms with van der Waals surface area (Å²) < 4.78 is 0. The van der Waals surface area contributed by atoms with Crippen molar-refractivity contribution >= 4 is 17.3 Å². The van der Waals surface area contributed by atoms with Crippen LogP contribution in [-0.4, -0.2) is 18.2 Å². The predicted octanol–water partition coefficient (Wildman–Crippen LogP) is 3.21. The maximum absolute atomic E-state index is 9.34. The minimum Gasteiger partial charge on any atom is -0.392 e. The number of hydrogen-bond acceptors (Lipinski definition) is 2. The van der Waals surface area contributed by atoms with Crippen LogP contribution in [0.3, 0.4) is 0 Å². The molecule has 0 atom stereocenters. The molecule has 1 aliphatic heterocycles. The molecule has 1 saturated heterocycles. The maximum atomic E-state index is 9.34. The van der Waals surface area contributed by atoms with Crippen LogP contribution in [0.5, 0.6) is 0 Å². The van der Waals surface area contributed by atoms with E-state index in [1.54, 1.807) is 0 Å². The fraction of sp³-hybridized carbons (Fsp3) is 0.538. The Labute approximate surface area is 102 Å². The second-order valence-corrected chi connectivity index (χ2v) is 4.77. The Balaban J connectivity index is 2.25. The lowest BCUT2D eigenvalue weighted by atomic mass is 10.1. The summed E-state index contributed by atoms with van der Waals surface area (Å²) in [5.41, 5.74) is 2.09. The first kappa shape index (κ1) is 11.7. The molecule has 0 amide bonds. The van der Waals surface area contributed by atoms with Gasteiger partial charge in [-0.15, -0.1) is 0 Å². The van der Waals surface area contributed by atoms with Gasteiger partial charge in [0.15, 0.2) is 0 Å². The predicted molar refractivity (Wildman–Crippen MR) is 68.1 cm³/mol. The highest BCUT2D eigenvalue weighted by Gasteiger charge is 2.13. The molecule has 3 heteroatoms. The zero-order valence-electron chi connectivity index (χ0n) is 9.45. The van der Waals surface area contributed by atoms with Crippen molar-refractivity contribution in [3.8, 4) is 0 Å². The summed E-state index contributed by atoms with van der Waals surface area (Å²) in [5.74, 6) is 0. The summed E-state index contributed by atoms with van der Waals surface area (Å²) in [6, 6.07) is 5.73. The molecule has 2 nitrogen and oxygen atoms in total. The molecule has 0 aromatic heterocycles. The zero-order valence-corrected chi connectivity index (χ0v) is 10.2. The molecular formula is C13H18ClNO. The van der Waals surface area contributed by atoms with E-state index in [1.165, 1.54) is 25.7 Å². The van der Waals surface area contributed by atoms with Gasteiger partial charge in [0.05, 0.1) is 6.61 Å². The number of aliphatic hydroxyl groups excluding tert-OH is 1. The first-order valence-electron chi connectivity index (χ1n) is 5.95. The van der Waals surface area contributed by atoms with Crippen LogP contribution >= 0.6 is 11.6 Å². The number of anilines is 1. The second kappa shape index (κ2) is 5.55. The Morgan fingerprint density at radius 2 is 1.81 bits per heavy atom. The Hall–Kier alpha value is -0.730. The molecule has 1 aromatic rings. The van der Waals surface area contributed by atoms with E-state index in [4.69, 9.17) is 11.6 Å². The summed E-state index contributed by atoms with van der Waals surface area (Å²) in [5, 5.41) is 10.1. The molecule has 0 radical (unpaired) electrons. The lowest BCUT2D eigenvalue weighted by Gasteiger charge is -2.25. The Kier molecular flexibility index (Phi) is 4.08. The molecule has 0 aliphatic carbocycles. The Bertz CT molecular complexity index is 346. The summed E-state index contributed by atoms with van der Waals surface area (Å²) in [6.07, 6.45) is 5.09. The van der Waals surface area contributed by atoms with E-state index in [0.717, 1.165) is 29.4 Å². The molecule has 0 bridgehead atoms. The fourth-order valence-corrected chi connectivity index (χ4v) is 2.44. The summed E-state index contributed by atoms with van der Waals surface area (Å²) >= 11 is 6.03. The molecule has 16 heavy (non-hydrogen) atoms. The smallest absolute Gasteiger partial charge is 0.0702 e. The number of halogens is 1. The average Bonchev–Trinajstić information content (AvgIpc) is 2.57. The van der Waals surface area contributed by atoms with Crippen molar-refractivity contribution in [1.82, 2.24) is 0 Å². The van der Waals surface area contributed by atoms with Crippen LogP contribution in [0.1, 0.15) is 31.2 Å². The highest BCUT2D eigenvalue weighted by atomic mass is 35.5. The first-order chi connectivity index (χ1) is 7.81. The summed E-state index contributed by atoms with van der Waals surface area (Å²) in [6.45, 7) is 2.24. The summed E-state index contributed by atoms with van der Waals surface area (Å²) in [4.78, 5) is 2.35. The van der Waals surface area contributed by atoms with Gasteiger partial charge in [0.1, 0.15) is 0 Å². The van der Waals surface area contributed by atoms with E-state index in [9.17, 15) is 5.11 Å². The molecule has 0 spiro atoms. The lowest BCUT2D eigenvalue weighted by Crippen LogP contribution is -2.25. The SMILES string of the molecule is OCc1ccc(Cl)cc1N1CCCCCC1. The molecule has 1 aliphatic rings. The van der Waals surface area contributed by atoms with E-state index >= 15 is 0 Å². The van der Waals surface area contributed by atoms with Gasteiger partial charge < -0.3 is 10.0 Å².